The molecule has 2 rings (SSSR count). The molecule has 0 saturated carbocycles. The van der Waals surface area contributed by atoms with Crippen LogP contribution in [0.1, 0.15) is 11.1 Å². The second-order valence-corrected chi connectivity index (χ2v) is 5.67. The van der Waals surface area contributed by atoms with Gasteiger partial charge in [0.15, 0.2) is 24.7 Å². The number of amides is 1. The van der Waals surface area contributed by atoms with Gasteiger partial charge in [0.25, 0.3) is 5.91 Å². The number of esters is 1. The summed E-state index contributed by atoms with van der Waals surface area (Å²) in [5.74, 6) is -0.874. The van der Waals surface area contributed by atoms with E-state index in [1.165, 1.54) is 19.3 Å². The zero-order valence-electron chi connectivity index (χ0n) is 15.7. The minimum absolute atomic E-state index is 0.00108. The standard InChI is InChI=1S/C21H19FN2O5/c1-27-19-12-15(6-8-18(19)28-11-10-23)7-9-21(26)29-14-20(25)24-13-16-4-2-3-5-17(16)22/h2-9,12H,11,13-14H2,1H3,(H,24,25)/b9-7+. The first kappa shape index (κ1) is 21.4. The predicted octanol–water partition coefficient (Wildman–Crippen LogP) is 2.61. The Balaban J connectivity index is 1.82. The maximum atomic E-state index is 13.5. The van der Waals surface area contributed by atoms with Crippen molar-refractivity contribution in [2.45, 2.75) is 6.54 Å². The third kappa shape index (κ3) is 6.99. The molecule has 29 heavy (non-hydrogen) atoms. The van der Waals surface area contributed by atoms with Gasteiger partial charge in [0.1, 0.15) is 11.9 Å². The summed E-state index contributed by atoms with van der Waals surface area (Å²) in [7, 11) is 1.45. The van der Waals surface area contributed by atoms with Crippen molar-refractivity contribution >= 4 is 18.0 Å². The predicted molar refractivity (Wildman–Crippen MR) is 102 cm³/mol. The first-order valence-corrected chi connectivity index (χ1v) is 8.56. The molecule has 0 saturated heterocycles. The van der Waals surface area contributed by atoms with Crippen LogP contribution < -0.4 is 14.8 Å². The van der Waals surface area contributed by atoms with Crippen LogP contribution >= 0.6 is 0 Å². The third-order valence-electron chi connectivity index (χ3n) is 3.67. The Morgan fingerprint density at radius 3 is 2.72 bits per heavy atom. The highest BCUT2D eigenvalue weighted by molar-refractivity contribution is 5.89. The lowest BCUT2D eigenvalue weighted by Crippen LogP contribution is -2.28. The molecule has 0 aliphatic rings. The van der Waals surface area contributed by atoms with E-state index in [1.807, 2.05) is 6.07 Å². The van der Waals surface area contributed by atoms with Gasteiger partial charge in [-0.25, -0.2) is 9.18 Å². The second kappa shape index (κ2) is 11.1. The topological polar surface area (TPSA) is 97.7 Å². The third-order valence-corrected chi connectivity index (χ3v) is 3.67. The minimum Gasteiger partial charge on any atom is -0.493 e. The summed E-state index contributed by atoms with van der Waals surface area (Å²) in [6.45, 7) is -0.600. The number of halogens is 1. The number of rotatable bonds is 9. The fraction of sp³-hybridized carbons (Fsp3) is 0.190. The molecule has 2 aromatic rings. The normalized spacial score (nSPS) is 10.2. The molecule has 8 heteroatoms. The Morgan fingerprint density at radius 2 is 2.00 bits per heavy atom. The van der Waals surface area contributed by atoms with Gasteiger partial charge in [-0.1, -0.05) is 24.3 Å². The monoisotopic (exact) mass is 398 g/mol. The van der Waals surface area contributed by atoms with E-state index in [9.17, 15) is 14.0 Å². The second-order valence-electron chi connectivity index (χ2n) is 5.67. The number of nitrogens with one attached hydrogen (secondary N) is 1. The summed E-state index contributed by atoms with van der Waals surface area (Å²) in [5.41, 5.74) is 0.968. The van der Waals surface area contributed by atoms with Crippen molar-refractivity contribution in [3.63, 3.8) is 0 Å². The van der Waals surface area contributed by atoms with Crippen LogP contribution in [0.5, 0.6) is 11.5 Å². The van der Waals surface area contributed by atoms with Crippen LogP contribution in [-0.2, 0) is 20.9 Å². The van der Waals surface area contributed by atoms with Gasteiger partial charge in [-0.3, -0.25) is 4.79 Å². The highest BCUT2D eigenvalue weighted by Gasteiger charge is 2.08. The molecule has 0 aliphatic carbocycles. The van der Waals surface area contributed by atoms with E-state index in [-0.39, 0.29) is 13.2 Å². The average Bonchev–Trinajstić information content (AvgIpc) is 2.74. The van der Waals surface area contributed by atoms with E-state index in [2.05, 4.69) is 5.32 Å². The highest BCUT2D eigenvalue weighted by atomic mass is 19.1. The van der Waals surface area contributed by atoms with Crippen molar-refractivity contribution < 1.29 is 28.2 Å². The SMILES string of the molecule is COc1cc(/C=C/C(=O)OCC(=O)NCc2ccccc2F)ccc1OCC#N. The fourth-order valence-electron chi connectivity index (χ4n) is 2.25. The number of benzene rings is 2. The van der Waals surface area contributed by atoms with E-state index in [0.717, 1.165) is 6.08 Å². The van der Waals surface area contributed by atoms with Crippen LogP contribution in [0.2, 0.25) is 0 Å². The quantitative estimate of drug-likeness (QED) is 0.515. The van der Waals surface area contributed by atoms with Crippen molar-refractivity contribution in [3.8, 4) is 17.6 Å². The molecular weight excluding hydrogens is 379 g/mol. The minimum atomic E-state index is -0.713. The van der Waals surface area contributed by atoms with Crippen molar-refractivity contribution in [1.29, 1.82) is 5.26 Å². The van der Waals surface area contributed by atoms with Crippen LogP contribution in [-0.4, -0.2) is 32.2 Å². The Kier molecular flexibility index (Phi) is 8.20. The van der Waals surface area contributed by atoms with Crippen LogP contribution in [0, 0.1) is 17.1 Å². The van der Waals surface area contributed by atoms with Crippen LogP contribution in [0.25, 0.3) is 6.08 Å². The van der Waals surface area contributed by atoms with E-state index in [4.69, 9.17) is 19.5 Å². The lowest BCUT2D eigenvalue weighted by Gasteiger charge is -2.08. The molecule has 7 nitrogen and oxygen atoms in total. The first-order chi connectivity index (χ1) is 14.0. The Hall–Kier alpha value is -3.86. The average molecular weight is 398 g/mol. The van der Waals surface area contributed by atoms with Crippen LogP contribution in [0.15, 0.2) is 48.5 Å². The number of carbonyl (C=O) groups is 2. The van der Waals surface area contributed by atoms with Crippen molar-refractivity contribution in [1.82, 2.24) is 5.32 Å². The molecular formula is C21H19FN2O5. The molecule has 0 unspecified atom stereocenters. The van der Waals surface area contributed by atoms with Gasteiger partial charge in [0.2, 0.25) is 0 Å². The number of carbonyl (C=O) groups excluding carboxylic acids is 2. The Morgan fingerprint density at radius 1 is 1.21 bits per heavy atom. The maximum absolute atomic E-state index is 13.5. The zero-order valence-corrected chi connectivity index (χ0v) is 15.7. The van der Waals surface area contributed by atoms with Gasteiger partial charge in [-0.15, -0.1) is 0 Å². The molecule has 0 radical (unpaired) electrons. The molecule has 0 fully saturated rings. The molecule has 0 atom stereocenters. The summed E-state index contributed by atoms with van der Waals surface area (Å²) in [6.07, 6.45) is 2.64. The van der Waals surface area contributed by atoms with Gasteiger partial charge >= 0.3 is 5.97 Å². The Labute approximate surface area is 167 Å². The lowest BCUT2D eigenvalue weighted by atomic mass is 10.2. The van der Waals surface area contributed by atoms with Gasteiger partial charge in [0.05, 0.1) is 7.11 Å². The summed E-state index contributed by atoms with van der Waals surface area (Å²) >= 11 is 0. The number of methoxy groups -OCH3 is 1. The van der Waals surface area contributed by atoms with Gasteiger partial charge in [-0.05, 0) is 29.8 Å². The Bertz CT molecular complexity index is 937. The van der Waals surface area contributed by atoms with Crippen LogP contribution in [0.4, 0.5) is 4.39 Å². The molecule has 0 aromatic heterocycles. The number of hydrogen-bond acceptors (Lipinski definition) is 6. The number of nitriles is 1. The molecule has 2 aromatic carbocycles. The summed E-state index contributed by atoms with van der Waals surface area (Å²) in [6, 6.07) is 12.8. The van der Waals surface area contributed by atoms with Crippen molar-refractivity contribution in [2.75, 3.05) is 20.3 Å². The first-order valence-electron chi connectivity index (χ1n) is 8.56. The molecule has 0 heterocycles. The molecule has 1 N–H and O–H groups in total. The molecule has 150 valence electrons. The molecule has 0 spiro atoms. The van der Waals surface area contributed by atoms with Crippen molar-refractivity contribution in [3.05, 3.63) is 65.5 Å². The lowest BCUT2D eigenvalue weighted by molar-refractivity contribution is -0.143. The summed E-state index contributed by atoms with van der Waals surface area (Å²) in [5, 5.41) is 11.0. The van der Waals surface area contributed by atoms with E-state index in [0.29, 0.717) is 22.6 Å². The van der Waals surface area contributed by atoms with Gasteiger partial charge in [-0.2, -0.15) is 5.26 Å². The number of nitrogens with zero attached hydrogens (tertiary/aromatic N) is 1. The number of ether oxygens (including phenoxy) is 3. The summed E-state index contributed by atoms with van der Waals surface area (Å²) in [4.78, 5) is 23.5. The smallest absolute Gasteiger partial charge is 0.331 e. The molecule has 0 bridgehead atoms. The van der Waals surface area contributed by atoms with E-state index < -0.39 is 24.3 Å². The highest BCUT2D eigenvalue weighted by Crippen LogP contribution is 2.28. The largest absolute Gasteiger partial charge is 0.493 e. The fourth-order valence-corrected chi connectivity index (χ4v) is 2.25. The molecule has 1 amide bonds. The van der Waals surface area contributed by atoms with E-state index in [1.54, 1.807) is 36.4 Å². The number of hydrogen-bond donors (Lipinski definition) is 1. The maximum Gasteiger partial charge on any atom is 0.331 e. The summed E-state index contributed by atoms with van der Waals surface area (Å²) < 4.78 is 28.7. The molecule has 0 aliphatic heterocycles. The van der Waals surface area contributed by atoms with Crippen molar-refractivity contribution in [2.24, 2.45) is 0 Å². The van der Waals surface area contributed by atoms with Crippen LogP contribution in [0.3, 0.4) is 0 Å². The van der Waals surface area contributed by atoms with Gasteiger partial charge < -0.3 is 19.5 Å². The van der Waals surface area contributed by atoms with Gasteiger partial charge in [0, 0.05) is 18.2 Å². The van der Waals surface area contributed by atoms with E-state index >= 15 is 0 Å². The zero-order chi connectivity index (χ0) is 21.1.